The Kier molecular flexibility index (Phi) is 6.21. The average molecular weight is 403 g/mol. The summed E-state index contributed by atoms with van der Waals surface area (Å²) in [6, 6.07) is 15.4. The molecule has 0 N–H and O–H groups in total. The van der Waals surface area contributed by atoms with E-state index >= 15 is 0 Å². The van der Waals surface area contributed by atoms with E-state index in [2.05, 4.69) is 9.97 Å². The maximum Gasteiger partial charge on any atom is 0.423 e. The predicted octanol–water partition coefficient (Wildman–Crippen LogP) is 5.84. The quantitative estimate of drug-likeness (QED) is 0.496. The van der Waals surface area contributed by atoms with E-state index < -0.39 is 17.6 Å². The van der Waals surface area contributed by atoms with Gasteiger partial charge in [0, 0.05) is 24.5 Å². The monoisotopic (exact) mass is 403 g/mol. The number of ether oxygens (including phenoxy) is 2. The summed E-state index contributed by atoms with van der Waals surface area (Å²) in [7, 11) is 0. The number of halogens is 3. The molecule has 0 bridgehead atoms. The van der Waals surface area contributed by atoms with Crippen molar-refractivity contribution in [1.82, 2.24) is 9.97 Å². The molecule has 0 aliphatic heterocycles. The molecule has 1 aromatic heterocycles. The van der Waals surface area contributed by atoms with Crippen LogP contribution in [0.3, 0.4) is 0 Å². The topological polar surface area (TPSA) is 47.5 Å². The van der Waals surface area contributed by atoms with Gasteiger partial charge in [-0.05, 0) is 38.1 Å². The Balaban J connectivity index is 2.02. The van der Waals surface area contributed by atoms with Crippen LogP contribution < -0.4 is 14.4 Å². The largest absolute Gasteiger partial charge is 0.494 e. The Morgan fingerprint density at radius 2 is 1.69 bits per heavy atom. The smallest absolute Gasteiger partial charge is 0.423 e. The number of anilines is 2. The van der Waals surface area contributed by atoms with Gasteiger partial charge in [-0.1, -0.05) is 24.3 Å². The normalized spacial score (nSPS) is 11.2. The molecular weight excluding hydrogens is 383 g/mol. The average Bonchev–Trinajstić information content (AvgIpc) is 2.69. The van der Waals surface area contributed by atoms with Gasteiger partial charge in [-0.2, -0.15) is 18.2 Å². The van der Waals surface area contributed by atoms with Crippen LogP contribution in [0.5, 0.6) is 17.4 Å². The van der Waals surface area contributed by atoms with Gasteiger partial charge in [0.05, 0.1) is 6.61 Å². The molecule has 0 spiro atoms. The fourth-order valence-electron chi connectivity index (χ4n) is 2.71. The van der Waals surface area contributed by atoms with Crippen molar-refractivity contribution in [3.05, 3.63) is 66.4 Å². The molecule has 29 heavy (non-hydrogen) atoms. The zero-order valence-corrected chi connectivity index (χ0v) is 16.0. The zero-order chi connectivity index (χ0) is 20.9. The molecule has 1 heterocycles. The molecule has 0 aliphatic rings. The number of aromatic nitrogens is 2. The lowest BCUT2D eigenvalue weighted by atomic mass is 10.2. The van der Waals surface area contributed by atoms with Crippen molar-refractivity contribution in [3.8, 4) is 17.4 Å². The number of hydrogen-bond donors (Lipinski definition) is 0. The fraction of sp³-hybridized carbons (Fsp3) is 0.238. The van der Waals surface area contributed by atoms with Crippen molar-refractivity contribution in [1.29, 1.82) is 0 Å². The highest BCUT2D eigenvalue weighted by Gasteiger charge is 2.37. The molecule has 152 valence electrons. The van der Waals surface area contributed by atoms with E-state index in [1.807, 2.05) is 19.9 Å². The molecule has 0 saturated carbocycles. The lowest BCUT2D eigenvalue weighted by Crippen LogP contribution is -2.20. The molecule has 0 fully saturated rings. The van der Waals surface area contributed by atoms with Crippen LogP contribution in [0, 0.1) is 0 Å². The molecule has 0 atom stereocenters. The van der Waals surface area contributed by atoms with E-state index in [1.54, 1.807) is 53.4 Å². The zero-order valence-electron chi connectivity index (χ0n) is 16.0. The van der Waals surface area contributed by atoms with Crippen LogP contribution in [0.2, 0.25) is 0 Å². The third kappa shape index (κ3) is 4.96. The summed E-state index contributed by atoms with van der Waals surface area (Å²) in [4.78, 5) is 9.72. The predicted molar refractivity (Wildman–Crippen MR) is 104 cm³/mol. The Bertz CT molecular complexity index is 949. The lowest BCUT2D eigenvalue weighted by Gasteiger charge is -2.23. The molecule has 5 nitrogen and oxygen atoms in total. The van der Waals surface area contributed by atoms with Gasteiger partial charge in [0.2, 0.25) is 11.8 Å². The number of alkyl halides is 3. The van der Waals surface area contributed by atoms with Gasteiger partial charge in [0.1, 0.15) is 17.1 Å². The second-order valence-electron chi connectivity index (χ2n) is 5.98. The molecule has 2 aromatic carbocycles. The van der Waals surface area contributed by atoms with Crippen LogP contribution in [0.4, 0.5) is 24.8 Å². The highest BCUT2D eigenvalue weighted by atomic mass is 19.4. The summed E-state index contributed by atoms with van der Waals surface area (Å²) < 4.78 is 51.3. The van der Waals surface area contributed by atoms with E-state index in [1.165, 1.54) is 0 Å². The Labute approximate surface area is 166 Å². The van der Waals surface area contributed by atoms with E-state index in [0.717, 1.165) is 6.20 Å². The standard InChI is InChI=1S/C21H20F3N3O2/c1-3-27(15-9-8-12-17(13-15)28-4-2)20-25-14-18(21(22,23)24)19(26-20)29-16-10-6-5-7-11-16/h5-14H,3-4H2,1-2H3. The second-order valence-corrected chi connectivity index (χ2v) is 5.98. The lowest BCUT2D eigenvalue weighted by molar-refractivity contribution is -0.139. The number of hydrogen-bond acceptors (Lipinski definition) is 5. The summed E-state index contributed by atoms with van der Waals surface area (Å²) in [6.07, 6.45) is -3.90. The highest BCUT2D eigenvalue weighted by Crippen LogP contribution is 2.38. The minimum atomic E-state index is -4.64. The number of para-hydroxylation sites is 1. The number of benzene rings is 2. The Hall–Kier alpha value is -3.29. The van der Waals surface area contributed by atoms with E-state index in [0.29, 0.717) is 24.6 Å². The summed E-state index contributed by atoms with van der Waals surface area (Å²) >= 11 is 0. The van der Waals surface area contributed by atoms with Gasteiger partial charge in [0.25, 0.3) is 0 Å². The van der Waals surface area contributed by atoms with Gasteiger partial charge in [0.15, 0.2) is 0 Å². The molecule has 0 unspecified atom stereocenters. The SMILES string of the molecule is CCOc1cccc(N(CC)c2ncc(C(F)(F)F)c(Oc3ccccc3)n2)c1. The van der Waals surface area contributed by atoms with E-state index in [9.17, 15) is 13.2 Å². The van der Waals surface area contributed by atoms with Gasteiger partial charge < -0.3 is 14.4 Å². The van der Waals surface area contributed by atoms with Crippen LogP contribution in [0.1, 0.15) is 19.4 Å². The molecule has 8 heteroatoms. The third-order valence-electron chi connectivity index (χ3n) is 4.00. The van der Waals surface area contributed by atoms with E-state index in [-0.39, 0.29) is 11.7 Å². The second kappa shape index (κ2) is 8.81. The molecule has 0 saturated heterocycles. The van der Waals surface area contributed by atoms with Crippen LogP contribution in [0.15, 0.2) is 60.8 Å². The molecule has 0 amide bonds. The Morgan fingerprint density at radius 3 is 2.34 bits per heavy atom. The summed E-state index contributed by atoms with van der Waals surface area (Å²) in [5.74, 6) is 0.452. The van der Waals surface area contributed by atoms with Gasteiger partial charge in [-0.25, -0.2) is 4.98 Å². The molecule has 3 aromatic rings. The molecular formula is C21H20F3N3O2. The summed E-state index contributed by atoms with van der Waals surface area (Å²) in [5, 5.41) is 0. The molecule has 3 rings (SSSR count). The van der Waals surface area contributed by atoms with Gasteiger partial charge >= 0.3 is 6.18 Å². The Morgan fingerprint density at radius 1 is 0.966 bits per heavy atom. The van der Waals surface area contributed by atoms with Gasteiger partial charge in [-0.3, -0.25) is 0 Å². The maximum absolute atomic E-state index is 13.4. The van der Waals surface area contributed by atoms with Crippen LogP contribution in [-0.2, 0) is 6.18 Å². The van der Waals surface area contributed by atoms with Crippen LogP contribution >= 0.6 is 0 Å². The molecule has 0 radical (unpaired) electrons. The van der Waals surface area contributed by atoms with E-state index in [4.69, 9.17) is 9.47 Å². The first-order valence-corrected chi connectivity index (χ1v) is 9.10. The van der Waals surface area contributed by atoms with Crippen molar-refractivity contribution in [2.45, 2.75) is 20.0 Å². The van der Waals surface area contributed by atoms with Crippen molar-refractivity contribution in [3.63, 3.8) is 0 Å². The first-order valence-electron chi connectivity index (χ1n) is 9.10. The minimum absolute atomic E-state index is 0.0973. The van der Waals surface area contributed by atoms with Crippen LogP contribution in [0.25, 0.3) is 0 Å². The highest BCUT2D eigenvalue weighted by molar-refractivity contribution is 5.60. The number of rotatable bonds is 7. The van der Waals surface area contributed by atoms with Crippen molar-refractivity contribution >= 4 is 11.6 Å². The van der Waals surface area contributed by atoms with Gasteiger partial charge in [-0.15, -0.1) is 0 Å². The summed E-state index contributed by atoms with van der Waals surface area (Å²) in [6.45, 7) is 4.66. The molecule has 0 aliphatic carbocycles. The fourth-order valence-corrected chi connectivity index (χ4v) is 2.71. The minimum Gasteiger partial charge on any atom is -0.494 e. The van der Waals surface area contributed by atoms with Crippen molar-refractivity contribution in [2.24, 2.45) is 0 Å². The van der Waals surface area contributed by atoms with Crippen LogP contribution in [-0.4, -0.2) is 23.1 Å². The summed E-state index contributed by atoms with van der Waals surface area (Å²) in [5.41, 5.74) is -0.340. The van der Waals surface area contributed by atoms with Crippen molar-refractivity contribution in [2.75, 3.05) is 18.1 Å². The third-order valence-corrected chi connectivity index (χ3v) is 4.00. The van der Waals surface area contributed by atoms with Crippen molar-refractivity contribution < 1.29 is 22.6 Å². The number of nitrogens with zero attached hydrogens (tertiary/aromatic N) is 3. The maximum atomic E-state index is 13.4. The first-order chi connectivity index (χ1) is 13.9. The first kappa shape index (κ1) is 20.4.